The fourth-order valence-electron chi connectivity index (χ4n) is 1.73. The monoisotopic (exact) mass is 289 g/mol. The first-order valence-electron chi connectivity index (χ1n) is 6.50. The number of benzene rings is 1. The summed E-state index contributed by atoms with van der Waals surface area (Å²) in [6.45, 7) is 6.49. The number of rotatable bonds is 8. The first-order valence-corrected chi connectivity index (χ1v) is 7.26. The topological polar surface area (TPSA) is 21.3 Å². The minimum absolute atomic E-state index is 0.564. The van der Waals surface area contributed by atoms with Crippen molar-refractivity contribution in [1.82, 2.24) is 5.32 Å². The van der Waals surface area contributed by atoms with Gasteiger partial charge in [-0.1, -0.05) is 43.0 Å². The van der Waals surface area contributed by atoms with Gasteiger partial charge in [0.15, 0.2) is 5.75 Å². The van der Waals surface area contributed by atoms with Crippen LogP contribution in [0.4, 0.5) is 0 Å². The average molecular weight is 290 g/mol. The number of ether oxygens (including phenoxy) is 1. The van der Waals surface area contributed by atoms with Crippen LogP contribution in [0.5, 0.6) is 5.75 Å². The van der Waals surface area contributed by atoms with Crippen LogP contribution in [0.25, 0.3) is 0 Å². The van der Waals surface area contributed by atoms with Crippen molar-refractivity contribution < 1.29 is 4.74 Å². The lowest BCUT2D eigenvalue weighted by molar-refractivity contribution is 0.340. The Balaban J connectivity index is 2.52. The number of unbranched alkanes of at least 4 members (excludes halogenated alkanes) is 2. The molecule has 0 aromatic heterocycles. The van der Waals surface area contributed by atoms with Gasteiger partial charge in [0.2, 0.25) is 0 Å². The van der Waals surface area contributed by atoms with E-state index < -0.39 is 0 Å². The molecule has 0 aliphatic heterocycles. The fourth-order valence-corrected chi connectivity index (χ4v) is 2.37. The van der Waals surface area contributed by atoms with E-state index in [4.69, 9.17) is 27.9 Å². The zero-order valence-electron chi connectivity index (χ0n) is 11.1. The van der Waals surface area contributed by atoms with E-state index in [0.717, 1.165) is 18.7 Å². The summed E-state index contributed by atoms with van der Waals surface area (Å²) in [6.07, 6.45) is 3.70. The number of hydrogen-bond acceptors (Lipinski definition) is 2. The zero-order valence-corrected chi connectivity index (χ0v) is 12.6. The first-order chi connectivity index (χ1) is 8.69. The molecule has 0 aliphatic rings. The van der Waals surface area contributed by atoms with E-state index in [0.29, 0.717) is 22.4 Å². The van der Waals surface area contributed by atoms with Crippen LogP contribution in [-0.4, -0.2) is 13.2 Å². The predicted molar refractivity (Wildman–Crippen MR) is 78.9 cm³/mol. The highest BCUT2D eigenvalue weighted by molar-refractivity contribution is 6.37. The van der Waals surface area contributed by atoms with Gasteiger partial charge in [-0.25, -0.2) is 0 Å². The molecule has 0 unspecified atom stereocenters. The Hall–Kier alpha value is -0.440. The standard InChI is InChI=1S/C14H21Cl2NO/c1-3-5-6-7-17-10-11-8-12(15)14(18-4-2)13(16)9-11/h8-9,17H,3-7,10H2,1-2H3. The molecule has 1 aromatic rings. The molecule has 0 saturated heterocycles. The Bertz CT molecular complexity index is 346. The van der Waals surface area contributed by atoms with Gasteiger partial charge in [-0.2, -0.15) is 0 Å². The van der Waals surface area contributed by atoms with Gasteiger partial charge < -0.3 is 10.1 Å². The van der Waals surface area contributed by atoms with E-state index in [1.807, 2.05) is 19.1 Å². The van der Waals surface area contributed by atoms with Crippen LogP contribution in [-0.2, 0) is 6.54 Å². The van der Waals surface area contributed by atoms with Gasteiger partial charge in [-0.3, -0.25) is 0 Å². The average Bonchev–Trinajstić information content (AvgIpc) is 2.33. The van der Waals surface area contributed by atoms with E-state index in [1.165, 1.54) is 19.3 Å². The highest BCUT2D eigenvalue weighted by atomic mass is 35.5. The Morgan fingerprint density at radius 1 is 1.11 bits per heavy atom. The van der Waals surface area contributed by atoms with Crippen molar-refractivity contribution in [3.63, 3.8) is 0 Å². The molecule has 0 amide bonds. The molecule has 2 nitrogen and oxygen atoms in total. The molecule has 0 spiro atoms. The lowest BCUT2D eigenvalue weighted by atomic mass is 10.2. The van der Waals surface area contributed by atoms with Crippen molar-refractivity contribution in [2.75, 3.05) is 13.2 Å². The summed E-state index contributed by atoms with van der Waals surface area (Å²) in [5.74, 6) is 0.579. The number of hydrogen-bond donors (Lipinski definition) is 1. The molecule has 0 aliphatic carbocycles. The summed E-state index contributed by atoms with van der Waals surface area (Å²) in [6, 6.07) is 3.82. The van der Waals surface area contributed by atoms with Gasteiger partial charge in [0.05, 0.1) is 16.7 Å². The smallest absolute Gasteiger partial charge is 0.156 e. The van der Waals surface area contributed by atoms with E-state index in [-0.39, 0.29) is 0 Å². The second-order valence-corrected chi connectivity index (χ2v) is 5.02. The molecule has 0 fully saturated rings. The minimum Gasteiger partial charge on any atom is -0.491 e. The van der Waals surface area contributed by atoms with E-state index in [9.17, 15) is 0 Å². The van der Waals surface area contributed by atoms with Gasteiger partial charge in [0, 0.05) is 6.54 Å². The van der Waals surface area contributed by atoms with Crippen molar-refractivity contribution in [2.45, 2.75) is 39.7 Å². The molecule has 1 N–H and O–H groups in total. The molecule has 0 saturated carbocycles. The summed E-state index contributed by atoms with van der Waals surface area (Å²) in [5.41, 5.74) is 1.09. The summed E-state index contributed by atoms with van der Waals surface area (Å²) in [5, 5.41) is 4.54. The lowest BCUT2D eigenvalue weighted by Gasteiger charge is -2.11. The molecule has 1 rings (SSSR count). The van der Waals surface area contributed by atoms with Gasteiger partial charge >= 0.3 is 0 Å². The van der Waals surface area contributed by atoms with Gasteiger partial charge in [0.25, 0.3) is 0 Å². The third kappa shape index (κ3) is 5.05. The van der Waals surface area contributed by atoms with Crippen molar-refractivity contribution in [3.8, 4) is 5.75 Å². The maximum absolute atomic E-state index is 6.14. The maximum Gasteiger partial charge on any atom is 0.156 e. The van der Waals surface area contributed by atoms with Gasteiger partial charge in [-0.15, -0.1) is 0 Å². The van der Waals surface area contributed by atoms with Crippen molar-refractivity contribution in [2.24, 2.45) is 0 Å². The van der Waals surface area contributed by atoms with Gasteiger partial charge in [-0.05, 0) is 37.6 Å². The minimum atomic E-state index is 0.564. The SMILES string of the molecule is CCCCCNCc1cc(Cl)c(OCC)c(Cl)c1. The highest BCUT2D eigenvalue weighted by Crippen LogP contribution is 2.34. The Kier molecular flexibility index (Phi) is 7.48. The largest absolute Gasteiger partial charge is 0.491 e. The van der Waals surface area contributed by atoms with Crippen LogP contribution in [0.15, 0.2) is 12.1 Å². The molecule has 4 heteroatoms. The Morgan fingerprint density at radius 3 is 2.33 bits per heavy atom. The molecule has 102 valence electrons. The molecule has 18 heavy (non-hydrogen) atoms. The second kappa shape index (κ2) is 8.63. The van der Waals surface area contributed by atoms with Crippen LogP contribution in [0, 0.1) is 0 Å². The normalized spacial score (nSPS) is 10.7. The van der Waals surface area contributed by atoms with E-state index >= 15 is 0 Å². The predicted octanol–water partition coefficient (Wildman–Crippen LogP) is 4.67. The fraction of sp³-hybridized carbons (Fsp3) is 0.571. The van der Waals surface area contributed by atoms with Crippen molar-refractivity contribution in [1.29, 1.82) is 0 Å². The highest BCUT2D eigenvalue weighted by Gasteiger charge is 2.08. The summed E-state index contributed by atoms with van der Waals surface area (Å²) < 4.78 is 5.40. The Labute approximate surface area is 120 Å². The van der Waals surface area contributed by atoms with Crippen LogP contribution in [0.1, 0.15) is 38.7 Å². The summed E-state index contributed by atoms with van der Waals surface area (Å²) in [4.78, 5) is 0. The Morgan fingerprint density at radius 2 is 1.78 bits per heavy atom. The molecule has 0 bridgehead atoms. The van der Waals surface area contributed by atoms with Crippen molar-refractivity contribution >= 4 is 23.2 Å². The van der Waals surface area contributed by atoms with E-state index in [2.05, 4.69) is 12.2 Å². The molecule has 0 atom stereocenters. The van der Waals surface area contributed by atoms with Crippen LogP contribution in [0.2, 0.25) is 10.0 Å². The van der Waals surface area contributed by atoms with Crippen LogP contribution >= 0.6 is 23.2 Å². The van der Waals surface area contributed by atoms with Gasteiger partial charge in [0.1, 0.15) is 0 Å². The first kappa shape index (κ1) is 15.6. The molecular weight excluding hydrogens is 269 g/mol. The van der Waals surface area contributed by atoms with Crippen molar-refractivity contribution in [3.05, 3.63) is 27.7 Å². The number of halogens is 2. The molecule has 1 aromatic carbocycles. The molecular formula is C14H21Cl2NO. The number of nitrogens with one attached hydrogen (secondary N) is 1. The second-order valence-electron chi connectivity index (χ2n) is 4.21. The van der Waals surface area contributed by atoms with E-state index in [1.54, 1.807) is 0 Å². The summed E-state index contributed by atoms with van der Waals surface area (Å²) in [7, 11) is 0. The quantitative estimate of drug-likeness (QED) is 0.702. The third-order valence-electron chi connectivity index (χ3n) is 2.63. The van der Waals surface area contributed by atoms with Crippen LogP contribution < -0.4 is 10.1 Å². The lowest BCUT2D eigenvalue weighted by Crippen LogP contribution is -2.14. The summed E-state index contributed by atoms with van der Waals surface area (Å²) >= 11 is 12.3. The van der Waals surface area contributed by atoms with Crippen LogP contribution in [0.3, 0.4) is 0 Å². The molecule has 0 heterocycles. The molecule has 0 radical (unpaired) electrons. The zero-order chi connectivity index (χ0) is 13.4. The third-order valence-corrected chi connectivity index (χ3v) is 3.19. The maximum atomic E-state index is 6.14.